The minimum atomic E-state index is -0.525. The molecule has 2 amide bonds. The highest BCUT2D eigenvalue weighted by molar-refractivity contribution is 5.79. The molecule has 0 saturated carbocycles. The molecule has 0 aromatic carbocycles. The van der Waals surface area contributed by atoms with Crippen LogP contribution in [0.15, 0.2) is 0 Å². The van der Waals surface area contributed by atoms with Gasteiger partial charge >= 0.3 is 6.09 Å². The Morgan fingerprint density at radius 3 is 2.05 bits per heavy atom. The van der Waals surface area contributed by atoms with E-state index in [9.17, 15) is 9.59 Å². The monoisotopic (exact) mass is 316 g/mol. The maximum Gasteiger partial charge on any atom is 0.410 e. The van der Waals surface area contributed by atoms with Gasteiger partial charge in [-0.05, 0) is 33.6 Å². The lowest BCUT2D eigenvalue weighted by molar-refractivity contribution is -0.138. The molecule has 1 saturated heterocycles. The standard InChI is InChI=1S/C15H28N2O5/c1-15(2,3)22-14(21)17-6-4-12(5-7-17)13(20)16(8-10-18)9-11-19/h12,18-19H,4-11H2,1-3H3. The SMILES string of the molecule is CC(C)(C)OC(=O)N1CCC(C(=O)N(CCO)CCO)CC1. The molecule has 1 aliphatic heterocycles. The van der Waals surface area contributed by atoms with Crippen LogP contribution in [0, 0.1) is 5.92 Å². The zero-order valence-corrected chi connectivity index (χ0v) is 13.7. The number of nitrogens with zero attached hydrogens (tertiary/aromatic N) is 2. The third kappa shape index (κ3) is 5.81. The first-order valence-corrected chi connectivity index (χ1v) is 7.77. The molecule has 1 fully saturated rings. The van der Waals surface area contributed by atoms with Crippen molar-refractivity contribution in [3.05, 3.63) is 0 Å². The van der Waals surface area contributed by atoms with Crippen molar-refractivity contribution in [2.24, 2.45) is 5.92 Å². The number of piperidine rings is 1. The predicted octanol–water partition coefficient (Wildman–Crippen LogP) is 0.447. The van der Waals surface area contributed by atoms with Gasteiger partial charge < -0.3 is 24.7 Å². The summed E-state index contributed by atoms with van der Waals surface area (Å²) >= 11 is 0. The third-order valence-corrected chi connectivity index (χ3v) is 3.55. The summed E-state index contributed by atoms with van der Waals surface area (Å²) in [5.41, 5.74) is -0.525. The van der Waals surface area contributed by atoms with Gasteiger partial charge in [-0.3, -0.25) is 4.79 Å². The first-order valence-electron chi connectivity index (χ1n) is 7.77. The predicted molar refractivity (Wildman–Crippen MR) is 81.3 cm³/mol. The van der Waals surface area contributed by atoms with E-state index in [-0.39, 0.29) is 44.2 Å². The Kier molecular flexibility index (Phi) is 7.09. The second-order valence-corrected chi connectivity index (χ2v) is 6.51. The van der Waals surface area contributed by atoms with Gasteiger partial charge in [0.15, 0.2) is 0 Å². The number of aliphatic hydroxyl groups excluding tert-OH is 2. The van der Waals surface area contributed by atoms with Gasteiger partial charge in [-0.25, -0.2) is 4.79 Å². The summed E-state index contributed by atoms with van der Waals surface area (Å²) < 4.78 is 5.32. The molecule has 7 heteroatoms. The van der Waals surface area contributed by atoms with E-state index in [2.05, 4.69) is 0 Å². The van der Waals surface area contributed by atoms with Crippen molar-refractivity contribution in [3.63, 3.8) is 0 Å². The van der Waals surface area contributed by atoms with Crippen LogP contribution in [0.4, 0.5) is 4.79 Å². The molecule has 0 aliphatic carbocycles. The molecular weight excluding hydrogens is 288 g/mol. The number of ether oxygens (including phenoxy) is 1. The highest BCUT2D eigenvalue weighted by Crippen LogP contribution is 2.21. The van der Waals surface area contributed by atoms with Crippen molar-refractivity contribution in [2.75, 3.05) is 39.4 Å². The zero-order valence-electron chi connectivity index (χ0n) is 13.7. The third-order valence-electron chi connectivity index (χ3n) is 3.55. The number of rotatable bonds is 5. The first-order chi connectivity index (χ1) is 10.3. The highest BCUT2D eigenvalue weighted by Gasteiger charge is 2.31. The van der Waals surface area contributed by atoms with E-state index in [1.54, 1.807) is 4.90 Å². The van der Waals surface area contributed by atoms with Crippen molar-refractivity contribution in [1.82, 2.24) is 9.80 Å². The van der Waals surface area contributed by atoms with Crippen LogP contribution < -0.4 is 0 Å². The fraction of sp³-hybridized carbons (Fsp3) is 0.867. The van der Waals surface area contributed by atoms with E-state index in [1.807, 2.05) is 20.8 Å². The van der Waals surface area contributed by atoms with Crippen molar-refractivity contribution in [3.8, 4) is 0 Å². The Bertz CT molecular complexity index is 367. The van der Waals surface area contributed by atoms with E-state index >= 15 is 0 Å². The van der Waals surface area contributed by atoms with Crippen molar-refractivity contribution in [1.29, 1.82) is 0 Å². The molecule has 0 bridgehead atoms. The van der Waals surface area contributed by atoms with Gasteiger partial charge in [0, 0.05) is 32.1 Å². The molecule has 0 aromatic rings. The second kappa shape index (κ2) is 8.33. The van der Waals surface area contributed by atoms with Gasteiger partial charge in [-0.15, -0.1) is 0 Å². The van der Waals surface area contributed by atoms with Gasteiger partial charge in [-0.2, -0.15) is 0 Å². The van der Waals surface area contributed by atoms with Crippen LogP contribution in [0.1, 0.15) is 33.6 Å². The summed E-state index contributed by atoms with van der Waals surface area (Å²) in [5.74, 6) is -0.233. The fourth-order valence-electron chi connectivity index (χ4n) is 2.47. The molecule has 1 rings (SSSR count). The quantitative estimate of drug-likeness (QED) is 0.768. The fourth-order valence-corrected chi connectivity index (χ4v) is 2.47. The van der Waals surface area contributed by atoms with Gasteiger partial charge in [0.05, 0.1) is 13.2 Å². The van der Waals surface area contributed by atoms with Crippen LogP contribution in [0.25, 0.3) is 0 Å². The summed E-state index contributed by atoms with van der Waals surface area (Å²) in [6.07, 6.45) is 0.803. The minimum absolute atomic E-state index is 0.0630. The second-order valence-electron chi connectivity index (χ2n) is 6.51. The molecule has 22 heavy (non-hydrogen) atoms. The molecule has 0 aromatic heterocycles. The van der Waals surface area contributed by atoms with Crippen LogP contribution in [0.5, 0.6) is 0 Å². The maximum atomic E-state index is 12.4. The first kappa shape index (κ1) is 18.7. The molecule has 2 N–H and O–H groups in total. The topological polar surface area (TPSA) is 90.3 Å². The maximum absolute atomic E-state index is 12.4. The van der Waals surface area contributed by atoms with Gasteiger partial charge in [-0.1, -0.05) is 0 Å². The Morgan fingerprint density at radius 2 is 1.64 bits per heavy atom. The number of carbonyl (C=O) groups is 2. The van der Waals surface area contributed by atoms with E-state index in [4.69, 9.17) is 14.9 Å². The normalized spacial score (nSPS) is 16.5. The molecule has 0 unspecified atom stereocenters. The van der Waals surface area contributed by atoms with Crippen LogP contribution in [-0.4, -0.2) is 77.0 Å². The molecule has 128 valence electrons. The lowest BCUT2D eigenvalue weighted by Crippen LogP contribution is -2.46. The van der Waals surface area contributed by atoms with Crippen molar-refractivity contribution in [2.45, 2.75) is 39.2 Å². The minimum Gasteiger partial charge on any atom is -0.444 e. The summed E-state index contributed by atoms with van der Waals surface area (Å²) in [6, 6.07) is 0. The van der Waals surface area contributed by atoms with E-state index in [0.29, 0.717) is 25.9 Å². The lowest BCUT2D eigenvalue weighted by atomic mass is 9.95. The lowest BCUT2D eigenvalue weighted by Gasteiger charge is -2.34. The molecule has 0 spiro atoms. The van der Waals surface area contributed by atoms with Crippen molar-refractivity contribution < 1.29 is 24.5 Å². The average molecular weight is 316 g/mol. The van der Waals surface area contributed by atoms with Crippen LogP contribution in [-0.2, 0) is 9.53 Å². The highest BCUT2D eigenvalue weighted by atomic mass is 16.6. The number of aliphatic hydroxyl groups is 2. The van der Waals surface area contributed by atoms with Crippen molar-refractivity contribution >= 4 is 12.0 Å². The largest absolute Gasteiger partial charge is 0.444 e. The van der Waals surface area contributed by atoms with Gasteiger partial charge in [0.25, 0.3) is 0 Å². The van der Waals surface area contributed by atoms with Crippen LogP contribution >= 0.6 is 0 Å². The van der Waals surface area contributed by atoms with Crippen LogP contribution in [0.3, 0.4) is 0 Å². The number of likely N-dealkylation sites (tertiary alicyclic amines) is 1. The Morgan fingerprint density at radius 1 is 1.14 bits per heavy atom. The Hall–Kier alpha value is -1.34. The van der Waals surface area contributed by atoms with E-state index in [1.165, 1.54) is 4.90 Å². The number of hydrogen-bond donors (Lipinski definition) is 2. The molecule has 7 nitrogen and oxygen atoms in total. The number of amides is 2. The summed E-state index contributed by atoms with van der Waals surface area (Å²) in [4.78, 5) is 27.4. The van der Waals surface area contributed by atoms with E-state index in [0.717, 1.165) is 0 Å². The number of carbonyl (C=O) groups excluding carboxylic acids is 2. The Balaban J connectivity index is 2.50. The van der Waals surface area contributed by atoms with Gasteiger partial charge in [0.2, 0.25) is 5.91 Å². The van der Waals surface area contributed by atoms with Crippen LogP contribution in [0.2, 0.25) is 0 Å². The molecule has 1 aliphatic rings. The zero-order chi connectivity index (χ0) is 16.8. The summed E-state index contributed by atoms with van der Waals surface area (Å²) in [6.45, 7) is 6.64. The molecular formula is C15H28N2O5. The van der Waals surface area contributed by atoms with Gasteiger partial charge in [0.1, 0.15) is 5.60 Å². The number of hydrogen-bond acceptors (Lipinski definition) is 5. The van der Waals surface area contributed by atoms with E-state index < -0.39 is 5.60 Å². The average Bonchev–Trinajstić information content (AvgIpc) is 2.44. The molecule has 0 radical (unpaired) electrons. The summed E-state index contributed by atoms with van der Waals surface area (Å²) in [7, 11) is 0. The Labute approximate surface area is 131 Å². The smallest absolute Gasteiger partial charge is 0.410 e. The summed E-state index contributed by atoms with van der Waals surface area (Å²) in [5, 5.41) is 18.0. The molecule has 0 atom stereocenters. The molecule has 1 heterocycles.